The summed E-state index contributed by atoms with van der Waals surface area (Å²) in [6.07, 6.45) is 4.85. The Bertz CT molecular complexity index is 1320. The van der Waals surface area contributed by atoms with Crippen molar-refractivity contribution in [1.29, 1.82) is 0 Å². The summed E-state index contributed by atoms with van der Waals surface area (Å²) in [5.41, 5.74) is 2.07. The number of rotatable bonds is 3. The Labute approximate surface area is 168 Å². The molecule has 136 valence electrons. The first-order chi connectivity index (χ1) is 13.7. The lowest BCUT2D eigenvalue weighted by molar-refractivity contribution is 0.460. The molecule has 9 heteroatoms. The maximum absolute atomic E-state index is 6.20. The van der Waals surface area contributed by atoms with Crippen molar-refractivity contribution in [3.8, 4) is 22.8 Å². The predicted octanol–water partition coefficient (Wildman–Crippen LogP) is 4.83. The van der Waals surface area contributed by atoms with Crippen molar-refractivity contribution < 1.29 is 4.74 Å². The van der Waals surface area contributed by atoms with Crippen LogP contribution < -0.4 is 4.74 Å². The summed E-state index contributed by atoms with van der Waals surface area (Å²) in [4.78, 5) is 8.14. The molecule has 0 radical (unpaired) electrons. The van der Waals surface area contributed by atoms with E-state index in [1.165, 1.54) is 10.8 Å². The SMILES string of the molecule is Clc1ccc(Oc2nn3c(Cl)nnc3c3ccccc23)c(-c2cncnc2)c1. The zero-order valence-corrected chi connectivity index (χ0v) is 15.6. The van der Waals surface area contributed by atoms with E-state index in [1.54, 1.807) is 30.6 Å². The van der Waals surface area contributed by atoms with E-state index >= 15 is 0 Å². The fourth-order valence-corrected chi connectivity index (χ4v) is 3.29. The molecule has 28 heavy (non-hydrogen) atoms. The summed E-state index contributed by atoms with van der Waals surface area (Å²) in [5.74, 6) is 0.922. The van der Waals surface area contributed by atoms with Gasteiger partial charge in [-0.15, -0.1) is 15.3 Å². The molecular formula is C19H10Cl2N6O. The number of halogens is 2. The van der Waals surface area contributed by atoms with Gasteiger partial charge in [0.2, 0.25) is 11.2 Å². The molecular weight excluding hydrogens is 399 g/mol. The van der Waals surface area contributed by atoms with E-state index < -0.39 is 0 Å². The van der Waals surface area contributed by atoms with Gasteiger partial charge in [0.15, 0.2) is 5.65 Å². The molecule has 3 aromatic heterocycles. The average molecular weight is 409 g/mol. The monoisotopic (exact) mass is 408 g/mol. The predicted molar refractivity (Wildman–Crippen MR) is 106 cm³/mol. The summed E-state index contributed by atoms with van der Waals surface area (Å²) < 4.78 is 7.65. The standard InChI is InChI=1S/C19H10Cl2N6O/c20-12-5-6-16(15(7-12)11-8-22-10-23-9-11)28-18-14-4-2-1-3-13(14)17-24-25-19(21)27(17)26-18/h1-10H. The first-order valence-electron chi connectivity index (χ1n) is 8.23. The second kappa shape index (κ2) is 6.70. The largest absolute Gasteiger partial charge is 0.436 e. The highest BCUT2D eigenvalue weighted by atomic mass is 35.5. The van der Waals surface area contributed by atoms with Crippen molar-refractivity contribution in [3.63, 3.8) is 0 Å². The summed E-state index contributed by atoms with van der Waals surface area (Å²) in [6, 6.07) is 12.9. The van der Waals surface area contributed by atoms with E-state index in [1.807, 2.05) is 24.3 Å². The lowest BCUT2D eigenvalue weighted by Crippen LogP contribution is -1.99. The van der Waals surface area contributed by atoms with Crippen molar-refractivity contribution in [2.75, 3.05) is 0 Å². The lowest BCUT2D eigenvalue weighted by atomic mass is 10.1. The van der Waals surface area contributed by atoms with Crippen molar-refractivity contribution in [2.24, 2.45) is 0 Å². The van der Waals surface area contributed by atoms with Crippen LogP contribution in [0.1, 0.15) is 0 Å². The first kappa shape index (κ1) is 16.9. The Morgan fingerprint density at radius 3 is 2.50 bits per heavy atom. The van der Waals surface area contributed by atoms with Crippen LogP contribution in [0.2, 0.25) is 10.3 Å². The molecule has 0 atom stereocenters. The minimum Gasteiger partial charge on any atom is -0.436 e. The zero-order chi connectivity index (χ0) is 19.1. The summed E-state index contributed by atoms with van der Waals surface area (Å²) in [5, 5.41) is 14.8. The van der Waals surface area contributed by atoms with Crippen LogP contribution in [-0.2, 0) is 0 Å². The molecule has 0 saturated heterocycles. The third kappa shape index (κ3) is 2.81. The minimum absolute atomic E-state index is 0.151. The summed E-state index contributed by atoms with van der Waals surface area (Å²) in [7, 11) is 0. The number of ether oxygens (including phenoxy) is 1. The van der Waals surface area contributed by atoms with Gasteiger partial charge in [-0.05, 0) is 35.9 Å². The smallest absolute Gasteiger partial charge is 0.246 e. The van der Waals surface area contributed by atoms with E-state index in [0.29, 0.717) is 22.3 Å². The second-order valence-electron chi connectivity index (χ2n) is 5.92. The van der Waals surface area contributed by atoms with E-state index in [2.05, 4.69) is 25.3 Å². The Kier molecular flexibility index (Phi) is 4.03. The average Bonchev–Trinajstić information content (AvgIpc) is 3.11. The van der Waals surface area contributed by atoms with Crippen molar-refractivity contribution >= 4 is 39.6 Å². The van der Waals surface area contributed by atoms with Gasteiger partial charge < -0.3 is 4.74 Å². The van der Waals surface area contributed by atoms with Gasteiger partial charge in [-0.2, -0.15) is 4.52 Å². The van der Waals surface area contributed by atoms with Gasteiger partial charge in [0.05, 0.1) is 0 Å². The van der Waals surface area contributed by atoms with Crippen LogP contribution in [-0.4, -0.2) is 29.8 Å². The lowest BCUT2D eigenvalue weighted by Gasteiger charge is -2.13. The molecule has 0 amide bonds. The van der Waals surface area contributed by atoms with Crippen LogP contribution in [0.4, 0.5) is 0 Å². The van der Waals surface area contributed by atoms with Crippen LogP contribution in [0.25, 0.3) is 27.5 Å². The molecule has 5 rings (SSSR count). The van der Waals surface area contributed by atoms with Crippen LogP contribution in [0.15, 0.2) is 61.2 Å². The van der Waals surface area contributed by atoms with Crippen LogP contribution in [0.3, 0.4) is 0 Å². The van der Waals surface area contributed by atoms with Crippen LogP contribution in [0, 0.1) is 0 Å². The molecule has 0 N–H and O–H groups in total. The molecule has 0 unspecified atom stereocenters. The number of hydrogen-bond donors (Lipinski definition) is 0. The van der Waals surface area contributed by atoms with Crippen molar-refractivity contribution in [3.05, 3.63) is 71.5 Å². The number of fused-ring (bicyclic) bond motifs is 3. The molecule has 5 aromatic rings. The van der Waals surface area contributed by atoms with Crippen molar-refractivity contribution in [2.45, 2.75) is 0 Å². The summed E-state index contributed by atoms with van der Waals surface area (Å²) >= 11 is 12.3. The van der Waals surface area contributed by atoms with E-state index in [-0.39, 0.29) is 5.28 Å². The van der Waals surface area contributed by atoms with Crippen LogP contribution in [0.5, 0.6) is 11.6 Å². The van der Waals surface area contributed by atoms with E-state index in [4.69, 9.17) is 27.9 Å². The van der Waals surface area contributed by atoms with Crippen LogP contribution >= 0.6 is 23.2 Å². The van der Waals surface area contributed by atoms with E-state index in [9.17, 15) is 0 Å². The molecule has 0 aliphatic rings. The fourth-order valence-electron chi connectivity index (χ4n) is 2.96. The highest BCUT2D eigenvalue weighted by Crippen LogP contribution is 2.37. The Hall–Kier alpha value is -3.29. The van der Waals surface area contributed by atoms with Crippen molar-refractivity contribution in [1.82, 2.24) is 29.8 Å². The zero-order valence-electron chi connectivity index (χ0n) is 14.1. The second-order valence-corrected chi connectivity index (χ2v) is 6.70. The molecule has 0 fully saturated rings. The molecule has 7 nitrogen and oxygen atoms in total. The highest BCUT2D eigenvalue weighted by molar-refractivity contribution is 6.31. The Morgan fingerprint density at radius 1 is 0.893 bits per heavy atom. The first-order valence-corrected chi connectivity index (χ1v) is 8.99. The summed E-state index contributed by atoms with van der Waals surface area (Å²) in [6.45, 7) is 0. The quantitative estimate of drug-likeness (QED) is 0.425. The third-order valence-corrected chi connectivity index (χ3v) is 4.68. The maximum Gasteiger partial charge on any atom is 0.246 e. The Morgan fingerprint density at radius 2 is 1.68 bits per heavy atom. The number of hydrogen-bond acceptors (Lipinski definition) is 6. The Balaban J connectivity index is 1.72. The molecule has 0 aliphatic carbocycles. The molecule has 2 aromatic carbocycles. The molecule has 3 heterocycles. The molecule has 0 saturated carbocycles. The number of nitrogens with zero attached hydrogens (tertiary/aromatic N) is 6. The number of benzene rings is 2. The van der Waals surface area contributed by atoms with Gasteiger partial charge in [0, 0.05) is 39.3 Å². The third-order valence-electron chi connectivity index (χ3n) is 4.21. The number of aromatic nitrogens is 6. The topological polar surface area (TPSA) is 78.1 Å². The molecule has 0 spiro atoms. The van der Waals surface area contributed by atoms with Gasteiger partial charge in [0.1, 0.15) is 12.1 Å². The minimum atomic E-state index is 0.151. The van der Waals surface area contributed by atoms with Gasteiger partial charge in [-0.3, -0.25) is 0 Å². The molecule has 0 bridgehead atoms. The van der Waals surface area contributed by atoms with Gasteiger partial charge in [0.25, 0.3) is 0 Å². The van der Waals surface area contributed by atoms with Gasteiger partial charge >= 0.3 is 0 Å². The molecule has 0 aliphatic heterocycles. The van der Waals surface area contributed by atoms with Gasteiger partial charge in [-0.1, -0.05) is 29.8 Å². The normalized spacial score (nSPS) is 11.2. The van der Waals surface area contributed by atoms with Gasteiger partial charge in [-0.25, -0.2) is 9.97 Å². The highest BCUT2D eigenvalue weighted by Gasteiger charge is 2.16. The maximum atomic E-state index is 6.20. The van der Waals surface area contributed by atoms with E-state index in [0.717, 1.165) is 21.9 Å². The fraction of sp³-hybridized carbons (Fsp3) is 0.